The van der Waals surface area contributed by atoms with Gasteiger partial charge in [-0.15, -0.1) is 0 Å². The summed E-state index contributed by atoms with van der Waals surface area (Å²) in [6.45, 7) is 6.07. The van der Waals surface area contributed by atoms with Gasteiger partial charge in [0.25, 0.3) is 0 Å². The lowest BCUT2D eigenvalue weighted by Gasteiger charge is -2.06. The van der Waals surface area contributed by atoms with Gasteiger partial charge in [-0.1, -0.05) is 0 Å². The fourth-order valence-corrected chi connectivity index (χ4v) is 1.94. The minimum Gasteiger partial charge on any atom is -0.222 e. The number of hydrogen-bond acceptors (Lipinski definition) is 3. The number of hydrogen-bond donors (Lipinski definition) is 0. The summed E-state index contributed by atoms with van der Waals surface area (Å²) in [5, 5.41) is 8.58. The Bertz CT molecular complexity index is 665. The number of pyridine rings is 1. The van der Waals surface area contributed by atoms with Crippen LogP contribution in [0.2, 0.25) is 0 Å². The predicted molar refractivity (Wildman–Crippen MR) is 72.7 cm³/mol. The number of aromatic nitrogens is 5. The maximum Gasteiger partial charge on any atom is 0.156 e. The molecule has 96 valence electrons. The standard InChI is InChI=1S/C14H15N5/c1-10-4-13(18-8-11(2)6-15-18)17-14(5-10)19-9-12(3)7-16-19/h4-9H,1-3H3. The molecule has 3 aromatic rings. The molecule has 0 unspecified atom stereocenters. The van der Waals surface area contributed by atoms with Gasteiger partial charge in [-0.25, -0.2) is 14.3 Å². The Kier molecular flexibility index (Phi) is 2.67. The molecule has 0 aliphatic rings. The summed E-state index contributed by atoms with van der Waals surface area (Å²) in [5.74, 6) is 1.60. The Morgan fingerprint density at radius 3 is 1.58 bits per heavy atom. The average molecular weight is 253 g/mol. The van der Waals surface area contributed by atoms with Gasteiger partial charge in [0.15, 0.2) is 11.6 Å². The third kappa shape index (κ3) is 2.27. The van der Waals surface area contributed by atoms with Crippen molar-refractivity contribution in [1.29, 1.82) is 0 Å². The summed E-state index contributed by atoms with van der Waals surface area (Å²) >= 11 is 0. The first-order valence-electron chi connectivity index (χ1n) is 6.14. The van der Waals surface area contributed by atoms with Crippen LogP contribution in [0.5, 0.6) is 0 Å². The Balaban J connectivity index is 2.10. The summed E-state index contributed by atoms with van der Waals surface area (Å²) in [6.07, 6.45) is 7.56. The third-order valence-electron chi connectivity index (χ3n) is 2.84. The van der Waals surface area contributed by atoms with Crippen LogP contribution in [0.3, 0.4) is 0 Å². The van der Waals surface area contributed by atoms with Gasteiger partial charge in [-0.3, -0.25) is 0 Å². The highest BCUT2D eigenvalue weighted by Gasteiger charge is 2.06. The van der Waals surface area contributed by atoms with E-state index in [1.807, 2.05) is 57.7 Å². The molecule has 0 amide bonds. The molecule has 0 bridgehead atoms. The highest BCUT2D eigenvalue weighted by Crippen LogP contribution is 2.13. The van der Waals surface area contributed by atoms with E-state index in [-0.39, 0.29) is 0 Å². The van der Waals surface area contributed by atoms with Crippen molar-refractivity contribution in [3.8, 4) is 11.6 Å². The Hall–Kier alpha value is -2.43. The summed E-state index contributed by atoms with van der Waals surface area (Å²) in [4.78, 5) is 4.60. The monoisotopic (exact) mass is 253 g/mol. The molecule has 0 radical (unpaired) electrons. The van der Waals surface area contributed by atoms with Crippen molar-refractivity contribution in [2.24, 2.45) is 0 Å². The van der Waals surface area contributed by atoms with Gasteiger partial charge in [-0.2, -0.15) is 10.2 Å². The first-order chi connectivity index (χ1) is 9.11. The van der Waals surface area contributed by atoms with E-state index >= 15 is 0 Å². The molecule has 0 saturated carbocycles. The van der Waals surface area contributed by atoms with Gasteiger partial charge in [0, 0.05) is 12.4 Å². The fourth-order valence-electron chi connectivity index (χ4n) is 1.94. The quantitative estimate of drug-likeness (QED) is 0.704. The molecule has 0 spiro atoms. The second-order valence-corrected chi connectivity index (χ2v) is 4.79. The smallest absolute Gasteiger partial charge is 0.156 e. The SMILES string of the molecule is Cc1cc(-n2cc(C)cn2)nc(-n2cc(C)cn2)c1. The topological polar surface area (TPSA) is 48.5 Å². The molecule has 3 rings (SSSR count). The predicted octanol–water partition coefficient (Wildman–Crippen LogP) is 2.38. The molecule has 0 aromatic carbocycles. The molecule has 5 nitrogen and oxygen atoms in total. The summed E-state index contributed by atoms with van der Waals surface area (Å²) in [6, 6.07) is 4.01. The van der Waals surface area contributed by atoms with Crippen LogP contribution >= 0.6 is 0 Å². The lowest BCUT2D eigenvalue weighted by atomic mass is 10.3. The van der Waals surface area contributed by atoms with Crippen LogP contribution in [0, 0.1) is 20.8 Å². The minimum absolute atomic E-state index is 0.802. The summed E-state index contributed by atoms with van der Waals surface area (Å²) in [7, 11) is 0. The lowest BCUT2D eigenvalue weighted by molar-refractivity contribution is 0.800. The molecule has 3 heterocycles. The largest absolute Gasteiger partial charge is 0.222 e. The molecule has 19 heavy (non-hydrogen) atoms. The van der Waals surface area contributed by atoms with Gasteiger partial charge in [0.1, 0.15) is 0 Å². The molecule has 0 aliphatic carbocycles. The van der Waals surface area contributed by atoms with E-state index in [9.17, 15) is 0 Å². The minimum atomic E-state index is 0.802. The van der Waals surface area contributed by atoms with Gasteiger partial charge >= 0.3 is 0 Å². The first kappa shape index (κ1) is 11.6. The van der Waals surface area contributed by atoms with E-state index in [2.05, 4.69) is 15.2 Å². The van der Waals surface area contributed by atoms with Crippen molar-refractivity contribution >= 4 is 0 Å². The van der Waals surface area contributed by atoms with Crippen molar-refractivity contribution in [3.05, 3.63) is 53.6 Å². The molecule has 0 saturated heterocycles. The van der Waals surface area contributed by atoms with Gasteiger partial charge < -0.3 is 0 Å². The molecule has 0 atom stereocenters. The highest BCUT2D eigenvalue weighted by molar-refractivity contribution is 5.36. The Labute approximate surface area is 111 Å². The van der Waals surface area contributed by atoms with Crippen molar-refractivity contribution in [1.82, 2.24) is 24.5 Å². The second-order valence-electron chi connectivity index (χ2n) is 4.79. The molecule has 0 N–H and O–H groups in total. The molecular weight excluding hydrogens is 238 g/mol. The van der Waals surface area contributed by atoms with Crippen LogP contribution in [-0.4, -0.2) is 24.5 Å². The van der Waals surface area contributed by atoms with Gasteiger partial charge in [0.2, 0.25) is 0 Å². The van der Waals surface area contributed by atoms with Crippen molar-refractivity contribution in [3.63, 3.8) is 0 Å². The number of nitrogens with zero attached hydrogens (tertiary/aromatic N) is 5. The lowest BCUT2D eigenvalue weighted by Crippen LogP contribution is -2.04. The van der Waals surface area contributed by atoms with Crippen LogP contribution in [0.4, 0.5) is 0 Å². The van der Waals surface area contributed by atoms with Crippen molar-refractivity contribution in [2.75, 3.05) is 0 Å². The van der Waals surface area contributed by atoms with E-state index in [0.717, 1.165) is 28.3 Å². The number of rotatable bonds is 2. The maximum absolute atomic E-state index is 4.60. The molecule has 3 aromatic heterocycles. The molecule has 0 aliphatic heterocycles. The fraction of sp³-hybridized carbons (Fsp3) is 0.214. The zero-order valence-electron chi connectivity index (χ0n) is 11.2. The van der Waals surface area contributed by atoms with E-state index < -0.39 is 0 Å². The zero-order valence-corrected chi connectivity index (χ0v) is 11.2. The Morgan fingerprint density at radius 2 is 1.21 bits per heavy atom. The van der Waals surface area contributed by atoms with Crippen LogP contribution in [0.25, 0.3) is 11.6 Å². The van der Waals surface area contributed by atoms with Gasteiger partial charge in [0.05, 0.1) is 12.4 Å². The van der Waals surface area contributed by atoms with Crippen molar-refractivity contribution in [2.45, 2.75) is 20.8 Å². The van der Waals surface area contributed by atoms with E-state index in [1.54, 1.807) is 9.36 Å². The zero-order chi connectivity index (χ0) is 13.4. The Morgan fingerprint density at radius 1 is 0.737 bits per heavy atom. The summed E-state index contributed by atoms with van der Waals surface area (Å²) < 4.78 is 3.56. The molecule has 0 fully saturated rings. The number of aryl methyl sites for hydroxylation is 3. The van der Waals surface area contributed by atoms with Crippen molar-refractivity contribution < 1.29 is 0 Å². The first-order valence-corrected chi connectivity index (χ1v) is 6.14. The van der Waals surface area contributed by atoms with E-state index in [4.69, 9.17) is 0 Å². The van der Waals surface area contributed by atoms with E-state index in [0.29, 0.717) is 0 Å². The van der Waals surface area contributed by atoms with Crippen LogP contribution in [-0.2, 0) is 0 Å². The molecular formula is C14H15N5. The normalized spacial score (nSPS) is 10.9. The van der Waals surface area contributed by atoms with Crippen LogP contribution in [0.1, 0.15) is 16.7 Å². The molecule has 5 heteroatoms. The highest BCUT2D eigenvalue weighted by atomic mass is 15.3. The third-order valence-corrected chi connectivity index (χ3v) is 2.84. The maximum atomic E-state index is 4.60. The van der Waals surface area contributed by atoms with E-state index in [1.165, 1.54) is 0 Å². The van der Waals surface area contributed by atoms with Gasteiger partial charge in [-0.05, 0) is 49.6 Å². The second kappa shape index (κ2) is 4.35. The summed E-state index contributed by atoms with van der Waals surface area (Å²) in [5.41, 5.74) is 3.35. The van der Waals surface area contributed by atoms with Crippen LogP contribution < -0.4 is 0 Å². The van der Waals surface area contributed by atoms with Crippen LogP contribution in [0.15, 0.2) is 36.9 Å². The average Bonchev–Trinajstić information content (AvgIpc) is 2.97.